The lowest BCUT2D eigenvalue weighted by Gasteiger charge is -2.34. The number of aromatic nitrogens is 5. The van der Waals surface area contributed by atoms with E-state index >= 15 is 0 Å². The number of hydrogen-bond acceptors (Lipinski definition) is 8. The van der Waals surface area contributed by atoms with Crippen molar-refractivity contribution in [1.29, 1.82) is 0 Å². The number of fused-ring (bicyclic) bond motifs is 2. The number of pyridine rings is 1. The largest absolute Gasteiger partial charge is 0.405 e. The van der Waals surface area contributed by atoms with Gasteiger partial charge < -0.3 is 20.9 Å². The van der Waals surface area contributed by atoms with Crippen molar-refractivity contribution in [2.75, 3.05) is 35.2 Å². The van der Waals surface area contributed by atoms with Crippen LogP contribution >= 0.6 is 0 Å². The van der Waals surface area contributed by atoms with Gasteiger partial charge in [-0.3, -0.25) is 9.78 Å². The minimum Gasteiger partial charge on any atom is -0.350 e. The Labute approximate surface area is 257 Å². The summed E-state index contributed by atoms with van der Waals surface area (Å²) in [5.41, 5.74) is 4.64. The Morgan fingerprint density at radius 1 is 1.18 bits per heavy atom. The second kappa shape index (κ2) is 12.2. The van der Waals surface area contributed by atoms with E-state index in [1.807, 2.05) is 62.4 Å². The third-order valence-corrected chi connectivity index (χ3v) is 7.79. The van der Waals surface area contributed by atoms with Crippen molar-refractivity contribution < 1.29 is 18.0 Å². The molecule has 1 unspecified atom stereocenters. The molecule has 1 atom stereocenters. The summed E-state index contributed by atoms with van der Waals surface area (Å²) in [6.45, 7) is 8.06. The van der Waals surface area contributed by atoms with Gasteiger partial charge in [0.15, 0.2) is 5.65 Å². The normalized spacial score (nSPS) is 15.5. The van der Waals surface area contributed by atoms with E-state index in [1.165, 1.54) is 6.08 Å². The first-order valence-electron chi connectivity index (χ1n) is 14.6. The number of alkyl halides is 3. The number of rotatable bonds is 8. The second-order valence-corrected chi connectivity index (χ2v) is 11.1. The first-order chi connectivity index (χ1) is 21.6. The highest BCUT2D eigenvalue weighted by Crippen LogP contribution is 2.32. The van der Waals surface area contributed by atoms with Crippen LogP contribution in [0.15, 0.2) is 73.6 Å². The SMILES string of the molecule is C=CC(=O)Nc1ccc2c(-c3ccccc3CNc3nc(N4CCNC(C(F)(F)F)C4)nc4c(C(C)C)cnn34)nccc2c1. The molecule has 1 fully saturated rings. The Kier molecular flexibility index (Phi) is 8.11. The number of carbonyl (C=O) groups excluding carboxylic acids is 1. The predicted molar refractivity (Wildman–Crippen MR) is 168 cm³/mol. The lowest BCUT2D eigenvalue weighted by atomic mass is 9.99. The Morgan fingerprint density at radius 3 is 2.78 bits per heavy atom. The van der Waals surface area contributed by atoms with Crippen molar-refractivity contribution in [3.05, 3.63) is 84.7 Å². The maximum absolute atomic E-state index is 13.6. The van der Waals surface area contributed by atoms with Gasteiger partial charge in [-0.25, -0.2) is 0 Å². The van der Waals surface area contributed by atoms with Crippen LogP contribution in [0.25, 0.3) is 27.7 Å². The summed E-state index contributed by atoms with van der Waals surface area (Å²) in [4.78, 5) is 27.4. The topological polar surface area (TPSA) is 112 Å². The number of piperazine rings is 1. The van der Waals surface area contributed by atoms with Crippen LogP contribution in [-0.4, -0.2) is 62.3 Å². The van der Waals surface area contributed by atoms with Crippen LogP contribution < -0.4 is 20.9 Å². The van der Waals surface area contributed by atoms with Gasteiger partial charge in [0.1, 0.15) is 6.04 Å². The predicted octanol–water partition coefficient (Wildman–Crippen LogP) is 5.54. The zero-order chi connectivity index (χ0) is 31.7. The molecule has 2 aromatic carbocycles. The minimum atomic E-state index is -4.38. The van der Waals surface area contributed by atoms with Gasteiger partial charge in [-0.1, -0.05) is 50.8 Å². The van der Waals surface area contributed by atoms with Crippen molar-refractivity contribution in [3.8, 4) is 11.3 Å². The zero-order valence-electron chi connectivity index (χ0n) is 24.8. The molecule has 3 N–H and O–H groups in total. The Hall–Kier alpha value is -5.04. The number of hydrogen-bond donors (Lipinski definition) is 3. The molecule has 45 heavy (non-hydrogen) atoms. The van der Waals surface area contributed by atoms with Crippen molar-refractivity contribution in [1.82, 2.24) is 29.9 Å². The van der Waals surface area contributed by atoms with Crippen LogP contribution in [0.2, 0.25) is 0 Å². The molecule has 1 amide bonds. The average molecular weight is 616 g/mol. The molecular formula is C32H32F3N9O. The second-order valence-electron chi connectivity index (χ2n) is 11.1. The summed E-state index contributed by atoms with van der Waals surface area (Å²) in [7, 11) is 0. The van der Waals surface area contributed by atoms with Crippen LogP contribution in [-0.2, 0) is 11.3 Å². The van der Waals surface area contributed by atoms with Crippen LogP contribution in [0.4, 0.5) is 30.8 Å². The van der Waals surface area contributed by atoms with E-state index in [-0.39, 0.29) is 30.9 Å². The maximum Gasteiger partial charge on any atom is 0.405 e. The molecule has 232 valence electrons. The molecule has 0 spiro atoms. The molecule has 5 aromatic rings. The zero-order valence-corrected chi connectivity index (χ0v) is 24.8. The maximum atomic E-state index is 13.6. The van der Waals surface area contributed by atoms with Crippen molar-refractivity contribution in [2.45, 2.75) is 38.5 Å². The van der Waals surface area contributed by atoms with Crippen LogP contribution in [0.1, 0.15) is 30.9 Å². The van der Waals surface area contributed by atoms with Crippen LogP contribution in [0, 0.1) is 0 Å². The van der Waals surface area contributed by atoms with Crippen molar-refractivity contribution in [2.24, 2.45) is 0 Å². The lowest BCUT2D eigenvalue weighted by Crippen LogP contribution is -2.57. The lowest BCUT2D eigenvalue weighted by molar-refractivity contribution is -0.155. The Bertz CT molecular complexity index is 1890. The molecule has 1 aliphatic rings. The molecule has 3 aromatic heterocycles. The molecule has 0 aliphatic carbocycles. The van der Waals surface area contributed by atoms with Gasteiger partial charge in [0.25, 0.3) is 0 Å². The van der Waals surface area contributed by atoms with Gasteiger partial charge in [-0.2, -0.15) is 32.8 Å². The number of nitrogens with zero attached hydrogens (tertiary/aromatic N) is 6. The molecule has 4 heterocycles. The smallest absolute Gasteiger partial charge is 0.350 e. The van der Waals surface area contributed by atoms with Gasteiger partial charge in [0.05, 0.1) is 11.9 Å². The molecule has 0 saturated carbocycles. The van der Waals surface area contributed by atoms with Gasteiger partial charge in [0.2, 0.25) is 17.8 Å². The molecular weight excluding hydrogens is 583 g/mol. The number of benzene rings is 2. The van der Waals surface area contributed by atoms with Gasteiger partial charge in [-0.15, -0.1) is 0 Å². The van der Waals surface area contributed by atoms with Gasteiger partial charge in [0, 0.05) is 54.6 Å². The van der Waals surface area contributed by atoms with E-state index in [0.29, 0.717) is 30.4 Å². The molecule has 10 nitrogen and oxygen atoms in total. The summed E-state index contributed by atoms with van der Waals surface area (Å²) in [5, 5.41) is 15.0. The molecule has 13 heteroatoms. The number of carbonyl (C=O) groups is 1. The van der Waals surface area contributed by atoms with E-state index in [9.17, 15) is 18.0 Å². The fraction of sp³-hybridized carbons (Fsp3) is 0.281. The van der Waals surface area contributed by atoms with Gasteiger partial charge in [-0.05, 0) is 41.1 Å². The number of anilines is 3. The standard InChI is InChI=1S/C32H32F3N9O/c1-4-27(45)40-22-9-10-24-20(15-22)11-12-37-28(24)23-8-6-5-7-21(23)16-38-30-42-31(41-29-25(19(2)3)17-39-44(29)30)43-14-13-36-26(18-43)32(33,34)35/h4-12,15,17,19,26,36H,1,13-14,16,18H2,2-3H3,(H,40,45)(H,38,41,42). The van der Waals surface area contributed by atoms with Gasteiger partial charge >= 0.3 is 6.18 Å². The number of amides is 1. The average Bonchev–Trinajstić information content (AvgIpc) is 3.48. The van der Waals surface area contributed by atoms with E-state index in [0.717, 1.165) is 33.2 Å². The monoisotopic (exact) mass is 615 g/mol. The molecule has 6 rings (SSSR count). The van der Waals surface area contributed by atoms with E-state index in [1.54, 1.807) is 21.8 Å². The molecule has 1 saturated heterocycles. The van der Waals surface area contributed by atoms with E-state index in [2.05, 4.69) is 37.6 Å². The highest BCUT2D eigenvalue weighted by Gasteiger charge is 2.42. The minimum absolute atomic E-state index is 0.0906. The first-order valence-corrected chi connectivity index (χ1v) is 14.6. The summed E-state index contributed by atoms with van der Waals surface area (Å²) >= 11 is 0. The third kappa shape index (κ3) is 6.16. The fourth-order valence-electron chi connectivity index (χ4n) is 5.44. The first kappa shape index (κ1) is 30.0. The van der Waals surface area contributed by atoms with E-state index < -0.39 is 12.2 Å². The van der Waals surface area contributed by atoms with Crippen LogP contribution in [0.3, 0.4) is 0 Å². The van der Waals surface area contributed by atoms with Crippen molar-refractivity contribution in [3.63, 3.8) is 0 Å². The molecule has 1 aliphatic heterocycles. The highest BCUT2D eigenvalue weighted by molar-refractivity contribution is 6.02. The number of nitrogens with one attached hydrogen (secondary N) is 3. The Balaban J connectivity index is 1.34. The quantitative estimate of drug-likeness (QED) is 0.195. The molecule has 0 radical (unpaired) electrons. The van der Waals surface area contributed by atoms with E-state index in [4.69, 9.17) is 4.98 Å². The third-order valence-electron chi connectivity index (χ3n) is 7.79. The summed E-state index contributed by atoms with van der Waals surface area (Å²) in [5.74, 6) is 0.378. The summed E-state index contributed by atoms with van der Waals surface area (Å²) in [6.07, 6.45) is 0.277. The fourth-order valence-corrected chi connectivity index (χ4v) is 5.44. The molecule has 0 bridgehead atoms. The summed E-state index contributed by atoms with van der Waals surface area (Å²) in [6, 6.07) is 13.6. The highest BCUT2D eigenvalue weighted by atomic mass is 19.4. The van der Waals surface area contributed by atoms with Crippen molar-refractivity contribution >= 4 is 39.9 Å². The Morgan fingerprint density at radius 2 is 2.00 bits per heavy atom. The number of halogens is 3. The van der Waals surface area contributed by atoms with Crippen LogP contribution in [0.5, 0.6) is 0 Å². The summed E-state index contributed by atoms with van der Waals surface area (Å²) < 4.78 is 42.3.